The molecule has 9 nitrogen and oxygen atoms in total. The van der Waals surface area contributed by atoms with E-state index in [2.05, 4.69) is 16.0 Å². The van der Waals surface area contributed by atoms with E-state index in [9.17, 15) is 18.0 Å². The van der Waals surface area contributed by atoms with Crippen LogP contribution in [0.2, 0.25) is 0 Å². The van der Waals surface area contributed by atoms with Crippen LogP contribution in [-0.2, 0) is 25.8 Å². The van der Waals surface area contributed by atoms with Gasteiger partial charge in [0, 0.05) is 18.3 Å². The maximum Gasteiger partial charge on any atom is 0.241 e. The highest BCUT2D eigenvalue weighted by atomic mass is 32.2. The van der Waals surface area contributed by atoms with Gasteiger partial charge in [-0.3, -0.25) is 14.9 Å². The predicted molar refractivity (Wildman–Crippen MR) is 125 cm³/mol. The molecule has 0 radical (unpaired) electrons. The highest BCUT2D eigenvalue weighted by Gasteiger charge is 2.38. The molecule has 0 aliphatic carbocycles. The van der Waals surface area contributed by atoms with E-state index in [0.29, 0.717) is 30.4 Å². The van der Waals surface area contributed by atoms with Crippen molar-refractivity contribution in [2.45, 2.75) is 29.0 Å². The van der Waals surface area contributed by atoms with Crippen LogP contribution in [0.15, 0.2) is 47.4 Å². The molecule has 2 atom stereocenters. The first-order valence-electron chi connectivity index (χ1n) is 10.5. The molecule has 0 aromatic heterocycles. The number of nitrogens with one attached hydrogen (secondary N) is 3. The maximum atomic E-state index is 12.9. The second kappa shape index (κ2) is 10.0. The zero-order chi connectivity index (χ0) is 23.4. The fourth-order valence-corrected chi connectivity index (χ4v) is 5.80. The quantitative estimate of drug-likeness (QED) is 0.533. The summed E-state index contributed by atoms with van der Waals surface area (Å²) >= 11 is 1.16. The van der Waals surface area contributed by atoms with Crippen LogP contribution in [-0.4, -0.2) is 56.5 Å². The third-order valence-electron chi connectivity index (χ3n) is 5.30. The molecule has 176 valence electrons. The van der Waals surface area contributed by atoms with E-state index in [1.165, 1.54) is 12.1 Å². The molecule has 33 heavy (non-hydrogen) atoms. The second-order valence-electron chi connectivity index (χ2n) is 7.55. The number of anilines is 1. The van der Waals surface area contributed by atoms with Crippen molar-refractivity contribution >= 4 is 39.1 Å². The normalized spacial score (nSPS) is 20.1. The summed E-state index contributed by atoms with van der Waals surface area (Å²) in [7, 11) is -3.82. The second-order valence-corrected chi connectivity index (χ2v) is 10.8. The third kappa shape index (κ3) is 5.43. The Morgan fingerprint density at radius 1 is 1.12 bits per heavy atom. The summed E-state index contributed by atoms with van der Waals surface area (Å²) in [5.41, 5.74) is 1.02. The molecule has 1 fully saturated rings. The average molecular weight is 492 g/mol. The number of ether oxygens (including phenoxy) is 2. The van der Waals surface area contributed by atoms with Crippen molar-refractivity contribution in [1.29, 1.82) is 0 Å². The minimum Gasteiger partial charge on any atom is -0.486 e. The van der Waals surface area contributed by atoms with Crippen LogP contribution in [0.5, 0.6) is 11.5 Å². The Labute approximate surface area is 196 Å². The molecule has 2 amide bonds. The summed E-state index contributed by atoms with van der Waals surface area (Å²) in [5.74, 6) is 0.414. The molecule has 2 heterocycles. The standard InChI is InChI=1S/C22H25N3O6S2/c1-2-14-3-6-16(7-4-14)33(28,29)19-12-23-22(25-21(19)27)32-13-20(26)24-15-5-8-17-18(11-15)31-10-9-30-17/h3-8,11,19,22-23H,2,9-10,12-13H2,1H3,(H,24,26)(H,25,27). The average Bonchev–Trinajstić information content (AvgIpc) is 2.82. The molecule has 2 aromatic carbocycles. The molecule has 4 rings (SSSR count). The van der Waals surface area contributed by atoms with Crippen molar-refractivity contribution in [2.24, 2.45) is 0 Å². The molecule has 0 spiro atoms. The topological polar surface area (TPSA) is 123 Å². The van der Waals surface area contributed by atoms with Crippen molar-refractivity contribution in [2.75, 3.05) is 30.8 Å². The first-order chi connectivity index (χ1) is 15.9. The minimum absolute atomic E-state index is 0.0366. The van der Waals surface area contributed by atoms with Gasteiger partial charge in [0.15, 0.2) is 26.6 Å². The zero-order valence-electron chi connectivity index (χ0n) is 18.0. The number of sulfone groups is 1. The van der Waals surface area contributed by atoms with Crippen LogP contribution in [0.3, 0.4) is 0 Å². The number of amides is 2. The molecule has 0 bridgehead atoms. The van der Waals surface area contributed by atoms with Gasteiger partial charge in [0.05, 0.1) is 10.6 Å². The van der Waals surface area contributed by atoms with E-state index in [1.807, 2.05) is 6.92 Å². The number of hydrogen-bond donors (Lipinski definition) is 3. The summed E-state index contributed by atoms with van der Waals surface area (Å²) in [6.07, 6.45) is 0.799. The Kier molecular flexibility index (Phi) is 7.11. The van der Waals surface area contributed by atoms with Crippen molar-refractivity contribution in [3.05, 3.63) is 48.0 Å². The molecule has 2 aromatic rings. The van der Waals surface area contributed by atoms with Crippen molar-refractivity contribution < 1.29 is 27.5 Å². The number of fused-ring (bicyclic) bond motifs is 1. The Morgan fingerprint density at radius 2 is 1.85 bits per heavy atom. The number of carbonyl (C=O) groups excluding carboxylic acids is 2. The number of benzene rings is 2. The van der Waals surface area contributed by atoms with Crippen LogP contribution in [0.25, 0.3) is 0 Å². The van der Waals surface area contributed by atoms with Gasteiger partial charge in [-0.05, 0) is 36.2 Å². The van der Waals surface area contributed by atoms with Gasteiger partial charge < -0.3 is 20.1 Å². The summed E-state index contributed by atoms with van der Waals surface area (Å²) < 4.78 is 36.7. The van der Waals surface area contributed by atoms with Crippen LogP contribution in [0, 0.1) is 0 Å². The van der Waals surface area contributed by atoms with Gasteiger partial charge >= 0.3 is 0 Å². The van der Waals surface area contributed by atoms with Gasteiger partial charge in [-0.25, -0.2) is 8.42 Å². The Bertz CT molecular complexity index is 1140. The fraction of sp³-hybridized carbons (Fsp3) is 0.364. The lowest BCUT2D eigenvalue weighted by Crippen LogP contribution is -2.59. The Hall–Kier alpha value is -2.76. The molecule has 2 aliphatic heterocycles. The Balaban J connectivity index is 1.29. The number of thioether (sulfide) groups is 1. The van der Waals surface area contributed by atoms with E-state index in [-0.39, 0.29) is 23.1 Å². The fourth-order valence-electron chi connectivity index (χ4n) is 3.49. The van der Waals surface area contributed by atoms with Gasteiger partial charge in [-0.15, -0.1) is 11.8 Å². The van der Waals surface area contributed by atoms with Gasteiger partial charge in [0.25, 0.3) is 0 Å². The Morgan fingerprint density at radius 3 is 2.55 bits per heavy atom. The first-order valence-corrected chi connectivity index (χ1v) is 13.1. The van der Waals surface area contributed by atoms with Gasteiger partial charge in [-0.1, -0.05) is 19.1 Å². The lowest BCUT2D eigenvalue weighted by Gasteiger charge is -2.29. The smallest absolute Gasteiger partial charge is 0.241 e. The van der Waals surface area contributed by atoms with E-state index in [0.717, 1.165) is 23.7 Å². The number of carbonyl (C=O) groups is 2. The molecule has 3 N–H and O–H groups in total. The minimum atomic E-state index is -3.82. The lowest BCUT2D eigenvalue weighted by atomic mass is 10.2. The largest absolute Gasteiger partial charge is 0.486 e. The number of rotatable bonds is 7. The number of aryl methyl sites for hydroxylation is 1. The van der Waals surface area contributed by atoms with Crippen molar-refractivity contribution in [3.63, 3.8) is 0 Å². The highest BCUT2D eigenvalue weighted by molar-refractivity contribution is 8.00. The van der Waals surface area contributed by atoms with Crippen molar-refractivity contribution in [3.8, 4) is 11.5 Å². The molecule has 2 unspecified atom stereocenters. The van der Waals surface area contributed by atoms with Gasteiger partial charge in [-0.2, -0.15) is 0 Å². The number of hydrogen-bond acceptors (Lipinski definition) is 8. The van der Waals surface area contributed by atoms with Crippen LogP contribution in [0.4, 0.5) is 5.69 Å². The highest BCUT2D eigenvalue weighted by Crippen LogP contribution is 2.32. The predicted octanol–water partition coefficient (Wildman–Crippen LogP) is 1.54. The first kappa shape index (κ1) is 23.4. The van der Waals surface area contributed by atoms with E-state index >= 15 is 0 Å². The molecule has 1 saturated heterocycles. The van der Waals surface area contributed by atoms with Gasteiger partial charge in [0.2, 0.25) is 11.8 Å². The molecule has 2 aliphatic rings. The van der Waals surface area contributed by atoms with Gasteiger partial charge in [0.1, 0.15) is 18.7 Å². The molecule has 11 heteroatoms. The van der Waals surface area contributed by atoms with Crippen LogP contribution in [0.1, 0.15) is 12.5 Å². The molecular weight excluding hydrogens is 466 g/mol. The van der Waals surface area contributed by atoms with Crippen molar-refractivity contribution in [1.82, 2.24) is 10.6 Å². The molecular formula is C22H25N3O6S2. The third-order valence-corrected chi connectivity index (χ3v) is 8.40. The van der Waals surface area contributed by atoms with Crippen LogP contribution >= 0.6 is 11.8 Å². The van der Waals surface area contributed by atoms with E-state index in [4.69, 9.17) is 9.47 Å². The summed E-state index contributed by atoms with van der Waals surface area (Å²) in [5, 5.41) is 7.18. The maximum absolute atomic E-state index is 12.9. The van der Waals surface area contributed by atoms with E-state index in [1.54, 1.807) is 30.3 Å². The van der Waals surface area contributed by atoms with Crippen LogP contribution < -0.4 is 25.4 Å². The zero-order valence-corrected chi connectivity index (χ0v) is 19.6. The summed E-state index contributed by atoms with van der Waals surface area (Å²) in [4.78, 5) is 25.0. The summed E-state index contributed by atoms with van der Waals surface area (Å²) in [6.45, 7) is 2.89. The summed E-state index contributed by atoms with van der Waals surface area (Å²) in [6, 6.07) is 11.7. The SMILES string of the molecule is CCc1ccc(S(=O)(=O)C2CNC(SCC(=O)Nc3ccc4c(c3)OCCO4)NC2=O)cc1. The van der Waals surface area contributed by atoms with E-state index < -0.39 is 26.5 Å². The molecule has 0 saturated carbocycles. The lowest BCUT2D eigenvalue weighted by molar-refractivity contribution is -0.122. The monoisotopic (exact) mass is 491 g/mol.